The van der Waals surface area contributed by atoms with Crippen molar-refractivity contribution in [3.8, 4) is 0 Å². The molecule has 0 saturated carbocycles. The van der Waals surface area contributed by atoms with E-state index in [2.05, 4.69) is 34.3 Å². The van der Waals surface area contributed by atoms with Crippen LogP contribution in [0.1, 0.15) is 41.0 Å². The number of carbonyl (C=O) groups is 1. The summed E-state index contributed by atoms with van der Waals surface area (Å²) >= 11 is 0. The minimum atomic E-state index is -0.476. The van der Waals surface area contributed by atoms with Crippen LogP contribution in [-0.4, -0.2) is 18.6 Å². The van der Waals surface area contributed by atoms with Gasteiger partial charge in [-0.2, -0.15) is 0 Å². The number of azide groups is 1. The van der Waals surface area contributed by atoms with Crippen molar-refractivity contribution in [2.24, 2.45) is 11.0 Å². The van der Waals surface area contributed by atoms with Gasteiger partial charge in [0, 0.05) is 16.7 Å². The minimum absolute atomic E-state index is 0.104. The largest absolute Gasteiger partial charge is 0.466 e. The topological polar surface area (TPSA) is 75.1 Å². The average molecular weight is 319 g/mol. The predicted molar refractivity (Wildman–Crippen MR) is 89.6 cm³/mol. The first-order valence-electron chi connectivity index (χ1n) is 8.16. The third-order valence-corrected chi connectivity index (χ3v) is 5.14. The van der Waals surface area contributed by atoms with Gasteiger partial charge in [-0.25, -0.2) is 0 Å². The zero-order valence-electron chi connectivity index (χ0n) is 13.3. The van der Waals surface area contributed by atoms with Gasteiger partial charge in [0.1, 0.15) is 0 Å². The SMILES string of the molecule is CCOC(=O)C1C2c3ccccc3C(c3ccccc32)C1N=[N+]=[N-]. The molecule has 0 spiro atoms. The molecule has 2 unspecified atom stereocenters. The van der Waals surface area contributed by atoms with Gasteiger partial charge in [0.25, 0.3) is 0 Å². The van der Waals surface area contributed by atoms with Crippen LogP contribution in [0.4, 0.5) is 0 Å². The third-order valence-electron chi connectivity index (χ3n) is 5.14. The summed E-state index contributed by atoms with van der Waals surface area (Å²) in [6.45, 7) is 2.11. The Morgan fingerprint density at radius 3 is 2.00 bits per heavy atom. The molecule has 3 aliphatic rings. The Balaban J connectivity index is 1.98. The van der Waals surface area contributed by atoms with Crippen LogP contribution in [0.5, 0.6) is 0 Å². The highest BCUT2D eigenvalue weighted by atomic mass is 16.5. The maximum Gasteiger partial charge on any atom is 0.310 e. The number of rotatable bonds is 3. The Kier molecular flexibility index (Phi) is 3.51. The highest BCUT2D eigenvalue weighted by Crippen LogP contribution is 2.56. The highest BCUT2D eigenvalue weighted by molar-refractivity contribution is 5.79. The normalized spacial score (nSPS) is 26.0. The molecule has 5 rings (SSSR count). The Morgan fingerprint density at radius 1 is 1.04 bits per heavy atom. The lowest BCUT2D eigenvalue weighted by Crippen LogP contribution is -2.46. The Hall–Kier alpha value is -2.78. The molecule has 2 aromatic rings. The molecular formula is C19H17N3O2. The van der Waals surface area contributed by atoms with Crippen molar-refractivity contribution >= 4 is 5.97 Å². The molecule has 5 nitrogen and oxygen atoms in total. The second-order valence-electron chi connectivity index (χ2n) is 6.19. The molecule has 0 aliphatic heterocycles. The van der Waals surface area contributed by atoms with E-state index in [-0.39, 0.29) is 17.8 Å². The van der Waals surface area contributed by atoms with Gasteiger partial charge >= 0.3 is 5.97 Å². The fraction of sp³-hybridized carbons (Fsp3) is 0.316. The quantitative estimate of drug-likeness (QED) is 0.369. The van der Waals surface area contributed by atoms with Crippen LogP contribution in [-0.2, 0) is 9.53 Å². The molecule has 2 bridgehead atoms. The summed E-state index contributed by atoms with van der Waals surface area (Å²) in [5.41, 5.74) is 13.7. The molecule has 2 atom stereocenters. The fourth-order valence-corrected chi connectivity index (χ4v) is 4.36. The molecule has 0 radical (unpaired) electrons. The lowest BCUT2D eigenvalue weighted by molar-refractivity contribution is -0.150. The molecule has 0 heterocycles. The van der Waals surface area contributed by atoms with Crippen molar-refractivity contribution < 1.29 is 9.53 Å². The first-order valence-corrected chi connectivity index (χ1v) is 8.16. The van der Waals surface area contributed by atoms with Crippen molar-refractivity contribution in [3.05, 3.63) is 81.2 Å². The number of esters is 1. The summed E-state index contributed by atoms with van der Waals surface area (Å²) in [4.78, 5) is 15.7. The van der Waals surface area contributed by atoms with Gasteiger partial charge < -0.3 is 4.74 Å². The number of ether oxygens (including phenoxy) is 1. The number of carbonyl (C=O) groups excluding carboxylic acids is 1. The van der Waals surface area contributed by atoms with Crippen molar-refractivity contribution in [2.75, 3.05) is 6.61 Å². The maximum atomic E-state index is 12.7. The van der Waals surface area contributed by atoms with Gasteiger partial charge in [0.2, 0.25) is 0 Å². The van der Waals surface area contributed by atoms with Crippen molar-refractivity contribution in [1.82, 2.24) is 0 Å². The van der Waals surface area contributed by atoms with Crippen molar-refractivity contribution in [1.29, 1.82) is 0 Å². The van der Waals surface area contributed by atoms with Gasteiger partial charge in [-0.3, -0.25) is 4.79 Å². The standard InChI is InChI=1S/C19H17N3O2/c1-2-24-19(23)17-15-11-7-3-5-9-13(11)16(18(17)21-22-20)14-10-6-4-8-12(14)15/h3-10,15-18H,2H2,1H3. The molecule has 0 saturated heterocycles. The molecular weight excluding hydrogens is 302 g/mol. The predicted octanol–water partition coefficient (Wildman–Crippen LogP) is 4.14. The maximum absolute atomic E-state index is 12.7. The summed E-state index contributed by atoms with van der Waals surface area (Å²) < 4.78 is 5.32. The Labute approximate surface area is 139 Å². The highest BCUT2D eigenvalue weighted by Gasteiger charge is 2.52. The summed E-state index contributed by atoms with van der Waals surface area (Å²) in [6, 6.07) is 15.8. The van der Waals surface area contributed by atoms with Crippen LogP contribution >= 0.6 is 0 Å². The second-order valence-corrected chi connectivity index (χ2v) is 6.19. The third kappa shape index (κ3) is 1.95. The lowest BCUT2D eigenvalue weighted by Gasteiger charge is -2.47. The van der Waals surface area contributed by atoms with Gasteiger partial charge in [0.15, 0.2) is 0 Å². The monoisotopic (exact) mass is 319 g/mol. The van der Waals surface area contributed by atoms with E-state index in [0.29, 0.717) is 6.61 Å². The summed E-state index contributed by atoms with van der Waals surface area (Å²) in [5, 5.41) is 4.03. The number of hydrogen-bond donors (Lipinski definition) is 0. The van der Waals surface area contributed by atoms with Crippen LogP contribution in [0.15, 0.2) is 53.6 Å². The van der Waals surface area contributed by atoms with Crippen LogP contribution in [0, 0.1) is 5.92 Å². The van der Waals surface area contributed by atoms with Gasteiger partial charge in [-0.05, 0) is 34.7 Å². The summed E-state index contributed by atoms with van der Waals surface area (Å²) in [6.07, 6.45) is 0. The van der Waals surface area contributed by atoms with Gasteiger partial charge in [-0.1, -0.05) is 53.6 Å². The molecule has 24 heavy (non-hydrogen) atoms. The van der Waals surface area contributed by atoms with Gasteiger partial charge in [0.05, 0.1) is 18.6 Å². The van der Waals surface area contributed by atoms with Crippen LogP contribution in [0.25, 0.3) is 10.4 Å². The van der Waals surface area contributed by atoms with E-state index in [0.717, 1.165) is 22.3 Å². The van der Waals surface area contributed by atoms with Gasteiger partial charge in [-0.15, -0.1) is 0 Å². The Bertz CT molecular complexity index is 810. The van der Waals surface area contributed by atoms with E-state index in [1.54, 1.807) is 6.92 Å². The van der Waals surface area contributed by atoms with E-state index in [1.807, 2.05) is 24.3 Å². The van der Waals surface area contributed by atoms with E-state index in [9.17, 15) is 4.79 Å². The summed E-state index contributed by atoms with van der Waals surface area (Å²) in [5.74, 6) is -0.991. The first-order chi connectivity index (χ1) is 11.8. The Morgan fingerprint density at radius 2 is 1.54 bits per heavy atom. The zero-order valence-corrected chi connectivity index (χ0v) is 13.3. The van der Waals surface area contributed by atoms with E-state index in [4.69, 9.17) is 10.3 Å². The van der Waals surface area contributed by atoms with E-state index < -0.39 is 12.0 Å². The molecule has 3 aliphatic carbocycles. The van der Waals surface area contributed by atoms with E-state index >= 15 is 0 Å². The number of hydrogen-bond acceptors (Lipinski definition) is 3. The fourth-order valence-electron chi connectivity index (χ4n) is 4.36. The lowest BCUT2D eigenvalue weighted by atomic mass is 9.57. The molecule has 0 fully saturated rings. The van der Waals surface area contributed by atoms with Crippen LogP contribution in [0.3, 0.4) is 0 Å². The molecule has 2 aromatic carbocycles. The minimum Gasteiger partial charge on any atom is -0.466 e. The molecule has 0 aromatic heterocycles. The molecule has 0 N–H and O–H groups in total. The first kappa shape index (κ1) is 14.8. The molecule has 5 heteroatoms. The van der Waals surface area contributed by atoms with E-state index in [1.165, 1.54) is 0 Å². The number of benzene rings is 2. The smallest absolute Gasteiger partial charge is 0.310 e. The molecule has 120 valence electrons. The summed E-state index contributed by atoms with van der Waals surface area (Å²) in [7, 11) is 0. The average Bonchev–Trinajstić information content (AvgIpc) is 2.62. The molecule has 0 amide bonds. The van der Waals surface area contributed by atoms with Crippen LogP contribution < -0.4 is 0 Å². The number of fused-ring (bicyclic) bond motifs is 1. The van der Waals surface area contributed by atoms with Crippen molar-refractivity contribution in [3.63, 3.8) is 0 Å². The number of nitrogens with zero attached hydrogens (tertiary/aromatic N) is 3. The second kappa shape index (κ2) is 5.69. The zero-order chi connectivity index (χ0) is 16.7. The van der Waals surface area contributed by atoms with Crippen LogP contribution in [0.2, 0.25) is 0 Å². The van der Waals surface area contributed by atoms with Crippen molar-refractivity contribution in [2.45, 2.75) is 24.8 Å².